The Labute approximate surface area is 173 Å². The molecule has 2 aromatic carbocycles. The van der Waals surface area contributed by atoms with Crippen molar-refractivity contribution in [2.45, 2.75) is 19.2 Å². The highest BCUT2D eigenvalue weighted by molar-refractivity contribution is 7.99. The van der Waals surface area contributed by atoms with Gasteiger partial charge in [-0.15, -0.1) is 11.8 Å². The molecular weight excluding hydrogens is 390 g/mol. The molecule has 7 nitrogen and oxygen atoms in total. The zero-order valence-corrected chi connectivity index (χ0v) is 17.2. The predicted molar refractivity (Wildman–Crippen MR) is 112 cm³/mol. The number of nitrogens with zero attached hydrogens (tertiary/aromatic N) is 2. The zero-order valence-electron chi connectivity index (χ0n) is 16.4. The molecule has 3 rings (SSSR count). The van der Waals surface area contributed by atoms with E-state index in [-0.39, 0.29) is 5.91 Å². The molecule has 0 aliphatic rings. The highest BCUT2D eigenvalue weighted by atomic mass is 32.2. The third-order valence-corrected chi connectivity index (χ3v) is 4.94. The number of rotatable bonds is 10. The molecule has 0 bridgehead atoms. The Balaban J connectivity index is 1.44. The van der Waals surface area contributed by atoms with Crippen molar-refractivity contribution in [2.75, 3.05) is 19.5 Å². The van der Waals surface area contributed by atoms with Gasteiger partial charge >= 0.3 is 0 Å². The molecule has 0 radical (unpaired) electrons. The van der Waals surface area contributed by atoms with E-state index in [1.165, 1.54) is 11.8 Å². The van der Waals surface area contributed by atoms with Crippen LogP contribution in [0.4, 0.5) is 0 Å². The van der Waals surface area contributed by atoms with Crippen LogP contribution >= 0.6 is 11.8 Å². The number of amides is 1. The maximum absolute atomic E-state index is 12.1. The van der Waals surface area contributed by atoms with Crippen molar-refractivity contribution in [3.63, 3.8) is 0 Å². The average Bonchev–Trinajstić information content (AvgIpc) is 3.22. The summed E-state index contributed by atoms with van der Waals surface area (Å²) in [5.41, 5.74) is 1.80. The van der Waals surface area contributed by atoms with Gasteiger partial charge in [0.05, 0.1) is 25.2 Å². The first-order chi connectivity index (χ1) is 14.2. The van der Waals surface area contributed by atoms with Crippen LogP contribution in [0.25, 0.3) is 11.4 Å². The second-order valence-electron chi connectivity index (χ2n) is 6.05. The van der Waals surface area contributed by atoms with Crippen molar-refractivity contribution < 1.29 is 18.8 Å². The molecule has 0 atom stereocenters. The van der Waals surface area contributed by atoms with Crippen molar-refractivity contribution in [3.05, 3.63) is 60.0 Å². The Morgan fingerprint density at radius 3 is 2.72 bits per heavy atom. The summed E-state index contributed by atoms with van der Waals surface area (Å²) in [7, 11) is 1.62. The van der Waals surface area contributed by atoms with Crippen LogP contribution in [-0.2, 0) is 17.1 Å². The summed E-state index contributed by atoms with van der Waals surface area (Å²) in [6, 6.07) is 15.1. The molecule has 0 aliphatic heterocycles. The largest absolute Gasteiger partial charge is 0.497 e. The lowest BCUT2D eigenvalue weighted by molar-refractivity contribution is -0.118. The number of para-hydroxylation sites is 1. The van der Waals surface area contributed by atoms with Gasteiger partial charge in [-0.3, -0.25) is 4.79 Å². The van der Waals surface area contributed by atoms with Crippen molar-refractivity contribution in [1.29, 1.82) is 0 Å². The summed E-state index contributed by atoms with van der Waals surface area (Å²) in [6.07, 6.45) is 0. The Hall–Kier alpha value is -3.00. The Kier molecular flexibility index (Phi) is 7.52. The number of hydrogen-bond donors (Lipinski definition) is 1. The van der Waals surface area contributed by atoms with E-state index in [0.29, 0.717) is 36.4 Å². The number of benzene rings is 2. The van der Waals surface area contributed by atoms with Gasteiger partial charge in [-0.25, -0.2) is 0 Å². The van der Waals surface area contributed by atoms with E-state index in [2.05, 4.69) is 15.5 Å². The first-order valence-electron chi connectivity index (χ1n) is 9.21. The molecular formula is C21H23N3O4S. The van der Waals surface area contributed by atoms with Gasteiger partial charge in [0.15, 0.2) is 0 Å². The summed E-state index contributed by atoms with van der Waals surface area (Å²) in [6.45, 7) is 2.95. The van der Waals surface area contributed by atoms with Crippen LogP contribution in [0.3, 0.4) is 0 Å². The van der Waals surface area contributed by atoms with Crippen LogP contribution < -0.4 is 14.8 Å². The Morgan fingerprint density at radius 2 is 1.97 bits per heavy atom. The van der Waals surface area contributed by atoms with E-state index in [1.807, 2.05) is 55.5 Å². The summed E-state index contributed by atoms with van der Waals surface area (Å²) < 4.78 is 16.0. The highest BCUT2D eigenvalue weighted by Gasteiger charge is 2.11. The normalized spacial score (nSPS) is 10.6. The fourth-order valence-electron chi connectivity index (χ4n) is 2.59. The van der Waals surface area contributed by atoms with Gasteiger partial charge in [-0.1, -0.05) is 23.4 Å². The van der Waals surface area contributed by atoms with Crippen molar-refractivity contribution in [2.24, 2.45) is 0 Å². The minimum Gasteiger partial charge on any atom is -0.497 e. The highest BCUT2D eigenvalue weighted by Crippen LogP contribution is 2.21. The van der Waals surface area contributed by atoms with E-state index >= 15 is 0 Å². The summed E-state index contributed by atoms with van der Waals surface area (Å²) in [4.78, 5) is 16.5. The fourth-order valence-corrected chi connectivity index (χ4v) is 3.27. The van der Waals surface area contributed by atoms with Gasteiger partial charge in [0.25, 0.3) is 0 Å². The first-order valence-corrected chi connectivity index (χ1v) is 10.4. The first kappa shape index (κ1) is 20.7. The van der Waals surface area contributed by atoms with Gasteiger partial charge in [-0.2, -0.15) is 4.98 Å². The number of ether oxygens (including phenoxy) is 2. The van der Waals surface area contributed by atoms with Gasteiger partial charge in [-0.05, 0) is 37.3 Å². The molecule has 0 fully saturated rings. The number of nitrogens with one attached hydrogen (secondary N) is 1. The fraction of sp³-hybridized carbons (Fsp3) is 0.286. The number of thioether (sulfide) groups is 1. The molecule has 3 aromatic rings. The number of hydrogen-bond acceptors (Lipinski definition) is 7. The molecule has 1 heterocycles. The van der Waals surface area contributed by atoms with Crippen LogP contribution in [0.1, 0.15) is 18.4 Å². The molecule has 0 saturated heterocycles. The number of methoxy groups -OCH3 is 1. The molecule has 0 spiro atoms. The number of carbonyl (C=O) groups excluding carboxylic acids is 1. The lowest BCUT2D eigenvalue weighted by Gasteiger charge is -2.10. The van der Waals surface area contributed by atoms with E-state index in [4.69, 9.17) is 14.0 Å². The quantitative estimate of drug-likeness (QED) is 0.542. The van der Waals surface area contributed by atoms with Crippen molar-refractivity contribution >= 4 is 17.7 Å². The molecule has 1 aromatic heterocycles. The molecule has 8 heteroatoms. The van der Waals surface area contributed by atoms with E-state index < -0.39 is 0 Å². The Morgan fingerprint density at radius 1 is 1.17 bits per heavy atom. The smallest absolute Gasteiger partial charge is 0.236 e. The third kappa shape index (κ3) is 5.99. The Bertz CT molecular complexity index is 928. The average molecular weight is 413 g/mol. The standard InChI is InChI=1S/C21H23N3O4S/c1-3-27-18-7-5-4-6-16(18)12-22-19(25)13-29-14-20-23-21(24-28-20)15-8-10-17(26-2)11-9-15/h4-11H,3,12-14H2,1-2H3,(H,22,25). The maximum Gasteiger partial charge on any atom is 0.236 e. The lowest BCUT2D eigenvalue weighted by Crippen LogP contribution is -2.24. The zero-order chi connectivity index (χ0) is 20.5. The lowest BCUT2D eigenvalue weighted by atomic mass is 10.2. The van der Waals surface area contributed by atoms with Gasteiger partial charge in [0.2, 0.25) is 17.6 Å². The summed E-state index contributed by atoms with van der Waals surface area (Å²) >= 11 is 1.42. The van der Waals surface area contributed by atoms with Crippen LogP contribution in [0.15, 0.2) is 53.1 Å². The molecule has 0 unspecified atom stereocenters. The SMILES string of the molecule is CCOc1ccccc1CNC(=O)CSCc1nc(-c2ccc(OC)cc2)no1. The van der Waals surface area contributed by atoms with Crippen LogP contribution in [0, 0.1) is 0 Å². The topological polar surface area (TPSA) is 86.5 Å². The minimum absolute atomic E-state index is 0.0591. The van der Waals surface area contributed by atoms with Gasteiger partial charge in [0.1, 0.15) is 11.5 Å². The monoisotopic (exact) mass is 413 g/mol. The summed E-state index contributed by atoms with van der Waals surface area (Å²) in [5, 5.41) is 6.90. The maximum atomic E-state index is 12.1. The molecule has 0 saturated carbocycles. The molecule has 152 valence electrons. The van der Waals surface area contributed by atoms with Crippen LogP contribution in [-0.4, -0.2) is 35.5 Å². The van der Waals surface area contributed by atoms with Gasteiger partial charge < -0.3 is 19.3 Å². The third-order valence-electron chi connectivity index (χ3n) is 4.02. The second-order valence-corrected chi connectivity index (χ2v) is 7.04. The summed E-state index contributed by atoms with van der Waals surface area (Å²) in [5.74, 6) is 3.26. The van der Waals surface area contributed by atoms with Crippen LogP contribution in [0.2, 0.25) is 0 Å². The molecule has 1 amide bonds. The molecule has 29 heavy (non-hydrogen) atoms. The van der Waals surface area contributed by atoms with E-state index in [9.17, 15) is 4.79 Å². The van der Waals surface area contributed by atoms with Crippen molar-refractivity contribution in [3.8, 4) is 22.9 Å². The molecule has 0 aliphatic carbocycles. The van der Waals surface area contributed by atoms with Crippen LogP contribution in [0.5, 0.6) is 11.5 Å². The van der Waals surface area contributed by atoms with Crippen molar-refractivity contribution in [1.82, 2.24) is 15.5 Å². The second kappa shape index (κ2) is 10.5. The molecule has 1 N–H and O–H groups in total. The predicted octanol–water partition coefficient (Wildman–Crippen LogP) is 3.69. The van der Waals surface area contributed by atoms with Gasteiger partial charge in [0, 0.05) is 17.7 Å². The number of carbonyl (C=O) groups is 1. The van der Waals surface area contributed by atoms with E-state index in [1.54, 1.807) is 7.11 Å². The van der Waals surface area contributed by atoms with E-state index in [0.717, 1.165) is 22.6 Å². The minimum atomic E-state index is -0.0591. The number of aromatic nitrogens is 2.